The van der Waals surface area contributed by atoms with Crippen LogP contribution in [0.3, 0.4) is 0 Å². The summed E-state index contributed by atoms with van der Waals surface area (Å²) in [6.07, 6.45) is 5.54. The van der Waals surface area contributed by atoms with Crippen molar-refractivity contribution < 1.29 is 9.90 Å². The molecule has 2 rings (SSSR count). The predicted molar refractivity (Wildman–Crippen MR) is 72.2 cm³/mol. The van der Waals surface area contributed by atoms with Gasteiger partial charge >= 0.3 is 5.97 Å². The molecule has 0 aliphatic carbocycles. The van der Waals surface area contributed by atoms with Crippen LogP contribution in [0, 0.1) is 0 Å². The van der Waals surface area contributed by atoms with Gasteiger partial charge in [-0.25, -0.2) is 9.78 Å². The lowest BCUT2D eigenvalue weighted by Crippen LogP contribution is -2.31. The van der Waals surface area contributed by atoms with Gasteiger partial charge in [0.1, 0.15) is 5.69 Å². The van der Waals surface area contributed by atoms with E-state index in [1.54, 1.807) is 24.0 Å². The molecule has 2 heterocycles. The molecular formula is C13H18N2O2S. The minimum atomic E-state index is -0.964. The third kappa shape index (κ3) is 3.99. The van der Waals surface area contributed by atoms with E-state index in [1.165, 1.54) is 32.4 Å². The zero-order valence-electron chi connectivity index (χ0n) is 10.3. The van der Waals surface area contributed by atoms with Gasteiger partial charge < -0.3 is 10.0 Å². The molecule has 0 spiro atoms. The van der Waals surface area contributed by atoms with Crippen molar-refractivity contribution >= 4 is 17.7 Å². The number of rotatable bonds is 5. The second-order valence-electron chi connectivity index (χ2n) is 4.43. The highest BCUT2D eigenvalue weighted by molar-refractivity contribution is 7.99. The fourth-order valence-electron chi connectivity index (χ4n) is 2.09. The number of hydrogen-bond acceptors (Lipinski definition) is 4. The van der Waals surface area contributed by atoms with E-state index >= 15 is 0 Å². The summed E-state index contributed by atoms with van der Waals surface area (Å²) in [5.74, 6) is 0.0387. The quantitative estimate of drug-likeness (QED) is 0.829. The summed E-state index contributed by atoms with van der Waals surface area (Å²) in [5.41, 5.74) is 0.123. The molecule has 1 N–H and O–H groups in total. The number of carboxylic acids is 1. The van der Waals surface area contributed by atoms with E-state index in [0.29, 0.717) is 0 Å². The second-order valence-corrected chi connectivity index (χ2v) is 5.60. The predicted octanol–water partition coefficient (Wildman–Crippen LogP) is 2.36. The van der Waals surface area contributed by atoms with Gasteiger partial charge in [0.15, 0.2) is 0 Å². The molecule has 5 heteroatoms. The van der Waals surface area contributed by atoms with Gasteiger partial charge in [-0.2, -0.15) is 0 Å². The van der Waals surface area contributed by atoms with Crippen molar-refractivity contribution in [2.45, 2.75) is 24.2 Å². The van der Waals surface area contributed by atoms with E-state index < -0.39 is 5.97 Å². The Balaban J connectivity index is 1.78. The lowest BCUT2D eigenvalue weighted by atomic mass is 10.1. The summed E-state index contributed by atoms with van der Waals surface area (Å²) >= 11 is 1.70. The van der Waals surface area contributed by atoms with Gasteiger partial charge in [-0.3, -0.25) is 0 Å². The molecule has 1 aromatic rings. The van der Waals surface area contributed by atoms with Crippen LogP contribution in [0.15, 0.2) is 23.2 Å². The number of nitrogens with zero attached hydrogens (tertiary/aromatic N) is 2. The van der Waals surface area contributed by atoms with Crippen molar-refractivity contribution in [2.24, 2.45) is 0 Å². The molecule has 0 atom stereocenters. The van der Waals surface area contributed by atoms with Crippen LogP contribution in [0.5, 0.6) is 0 Å². The van der Waals surface area contributed by atoms with Crippen LogP contribution in [0.25, 0.3) is 0 Å². The van der Waals surface area contributed by atoms with Gasteiger partial charge in [-0.05, 0) is 38.1 Å². The summed E-state index contributed by atoms with van der Waals surface area (Å²) < 4.78 is 0. The highest BCUT2D eigenvalue weighted by atomic mass is 32.2. The average molecular weight is 266 g/mol. The lowest BCUT2D eigenvalue weighted by Gasteiger charge is -2.26. The zero-order valence-corrected chi connectivity index (χ0v) is 11.2. The first-order valence-corrected chi connectivity index (χ1v) is 7.29. The molecular weight excluding hydrogens is 248 g/mol. The van der Waals surface area contributed by atoms with Crippen molar-refractivity contribution in [2.75, 3.05) is 25.4 Å². The smallest absolute Gasteiger partial charge is 0.354 e. The SMILES string of the molecule is O=C(O)c1cc(SCCN2CCCCC2)ccn1. The number of carbonyl (C=O) groups is 1. The van der Waals surface area contributed by atoms with E-state index in [9.17, 15) is 4.79 Å². The maximum Gasteiger partial charge on any atom is 0.354 e. The summed E-state index contributed by atoms with van der Waals surface area (Å²) in [6, 6.07) is 3.51. The number of piperidine rings is 1. The van der Waals surface area contributed by atoms with E-state index in [1.807, 2.05) is 6.07 Å². The molecule has 0 saturated carbocycles. The Labute approximate surface area is 111 Å². The minimum absolute atomic E-state index is 0.123. The molecule has 1 aliphatic heterocycles. The molecule has 0 amide bonds. The first-order chi connectivity index (χ1) is 8.75. The Bertz CT molecular complexity index is 406. The van der Waals surface area contributed by atoms with Crippen LogP contribution in [0.2, 0.25) is 0 Å². The Hall–Kier alpha value is -1.07. The average Bonchev–Trinajstić information content (AvgIpc) is 2.40. The maximum absolute atomic E-state index is 10.8. The third-order valence-electron chi connectivity index (χ3n) is 3.08. The van der Waals surface area contributed by atoms with Crippen LogP contribution < -0.4 is 0 Å². The summed E-state index contributed by atoms with van der Waals surface area (Å²) in [4.78, 5) is 18.1. The molecule has 1 saturated heterocycles. The van der Waals surface area contributed by atoms with E-state index in [4.69, 9.17) is 5.11 Å². The van der Waals surface area contributed by atoms with Crippen molar-refractivity contribution in [3.8, 4) is 0 Å². The topological polar surface area (TPSA) is 53.4 Å². The van der Waals surface area contributed by atoms with Gasteiger partial charge in [0.25, 0.3) is 0 Å². The number of aromatic carboxylic acids is 1. The van der Waals surface area contributed by atoms with Crippen molar-refractivity contribution in [1.82, 2.24) is 9.88 Å². The van der Waals surface area contributed by atoms with E-state index in [0.717, 1.165) is 17.2 Å². The Kier molecular flexibility index (Phi) is 5.01. The minimum Gasteiger partial charge on any atom is -0.477 e. The number of pyridine rings is 1. The molecule has 1 aromatic heterocycles. The van der Waals surface area contributed by atoms with Crippen molar-refractivity contribution in [3.05, 3.63) is 24.0 Å². The Morgan fingerprint density at radius 3 is 2.89 bits per heavy atom. The van der Waals surface area contributed by atoms with Crippen LogP contribution in [0.4, 0.5) is 0 Å². The second kappa shape index (κ2) is 6.75. The fourth-order valence-corrected chi connectivity index (χ4v) is 3.03. The maximum atomic E-state index is 10.8. The molecule has 0 unspecified atom stereocenters. The van der Waals surface area contributed by atoms with Crippen LogP contribution in [-0.4, -0.2) is 46.3 Å². The third-order valence-corrected chi connectivity index (χ3v) is 4.05. The van der Waals surface area contributed by atoms with Gasteiger partial charge in [0.05, 0.1) is 0 Å². The number of hydrogen-bond donors (Lipinski definition) is 1. The normalized spacial score (nSPS) is 16.7. The monoisotopic (exact) mass is 266 g/mol. The number of aromatic nitrogens is 1. The van der Waals surface area contributed by atoms with E-state index in [2.05, 4.69) is 9.88 Å². The Morgan fingerprint density at radius 1 is 1.39 bits per heavy atom. The summed E-state index contributed by atoms with van der Waals surface area (Å²) in [6.45, 7) is 3.49. The zero-order chi connectivity index (χ0) is 12.8. The fraction of sp³-hybridized carbons (Fsp3) is 0.538. The molecule has 1 fully saturated rings. The van der Waals surface area contributed by atoms with E-state index in [-0.39, 0.29) is 5.69 Å². The molecule has 98 valence electrons. The van der Waals surface area contributed by atoms with Gasteiger partial charge in [-0.15, -0.1) is 11.8 Å². The molecule has 0 radical (unpaired) electrons. The van der Waals surface area contributed by atoms with Crippen LogP contribution >= 0.6 is 11.8 Å². The molecule has 0 bridgehead atoms. The van der Waals surface area contributed by atoms with Crippen LogP contribution in [0.1, 0.15) is 29.8 Å². The van der Waals surface area contributed by atoms with Gasteiger partial charge in [0, 0.05) is 23.4 Å². The number of thioether (sulfide) groups is 1. The van der Waals surface area contributed by atoms with Crippen molar-refractivity contribution in [3.63, 3.8) is 0 Å². The first kappa shape index (κ1) is 13.4. The number of likely N-dealkylation sites (tertiary alicyclic amines) is 1. The highest BCUT2D eigenvalue weighted by Crippen LogP contribution is 2.19. The Morgan fingerprint density at radius 2 is 2.17 bits per heavy atom. The van der Waals surface area contributed by atoms with Gasteiger partial charge in [-0.1, -0.05) is 6.42 Å². The van der Waals surface area contributed by atoms with Gasteiger partial charge in [0.2, 0.25) is 0 Å². The first-order valence-electron chi connectivity index (χ1n) is 6.30. The molecule has 1 aliphatic rings. The lowest BCUT2D eigenvalue weighted by molar-refractivity contribution is 0.0690. The van der Waals surface area contributed by atoms with Crippen molar-refractivity contribution in [1.29, 1.82) is 0 Å². The van der Waals surface area contributed by atoms with Crippen LogP contribution in [-0.2, 0) is 0 Å². The standard InChI is InChI=1S/C13H18N2O2S/c16-13(17)12-10-11(4-5-14-12)18-9-8-15-6-2-1-3-7-15/h4-5,10H,1-3,6-9H2,(H,16,17). The molecule has 4 nitrogen and oxygen atoms in total. The summed E-state index contributed by atoms with van der Waals surface area (Å²) in [7, 11) is 0. The molecule has 18 heavy (non-hydrogen) atoms. The molecule has 0 aromatic carbocycles. The summed E-state index contributed by atoms with van der Waals surface area (Å²) in [5, 5.41) is 8.86. The number of carboxylic acid groups (broad SMARTS) is 1. The largest absolute Gasteiger partial charge is 0.477 e. The highest BCUT2D eigenvalue weighted by Gasteiger charge is 2.10.